The molecule has 0 atom stereocenters. The van der Waals surface area contributed by atoms with Crippen molar-refractivity contribution in [1.82, 2.24) is 9.97 Å². The van der Waals surface area contributed by atoms with Gasteiger partial charge in [-0.2, -0.15) is 0 Å². The zero-order chi connectivity index (χ0) is 16.9. The first-order valence-electron chi connectivity index (χ1n) is 9.19. The third-order valence-electron chi connectivity index (χ3n) is 5.09. The van der Waals surface area contributed by atoms with Gasteiger partial charge in [-0.1, -0.05) is 19.3 Å². The summed E-state index contributed by atoms with van der Waals surface area (Å²) in [6, 6.07) is 0.491. The van der Waals surface area contributed by atoms with Gasteiger partial charge in [0.05, 0.1) is 5.69 Å². The Labute approximate surface area is 144 Å². The van der Waals surface area contributed by atoms with Crippen molar-refractivity contribution in [3.8, 4) is 0 Å². The Balaban J connectivity index is 1.80. The molecule has 1 aromatic rings. The minimum atomic E-state index is 0.491. The van der Waals surface area contributed by atoms with E-state index in [1.165, 1.54) is 44.9 Å². The molecule has 1 aromatic heterocycles. The molecule has 2 aliphatic carbocycles. The molecule has 2 aliphatic rings. The maximum absolute atomic E-state index is 5.96. The lowest BCUT2D eigenvalue weighted by Crippen LogP contribution is -2.24. The zero-order valence-electron chi connectivity index (χ0n) is 14.9. The molecule has 0 spiro atoms. The van der Waals surface area contributed by atoms with E-state index < -0.39 is 0 Å². The van der Waals surface area contributed by atoms with Crippen molar-refractivity contribution >= 4 is 17.2 Å². The summed E-state index contributed by atoms with van der Waals surface area (Å²) in [5.41, 5.74) is 9.92. The molecule has 0 amide bonds. The van der Waals surface area contributed by atoms with E-state index in [4.69, 9.17) is 10.7 Å². The van der Waals surface area contributed by atoms with Gasteiger partial charge in [0.1, 0.15) is 0 Å². The predicted octanol–water partition coefficient (Wildman–Crippen LogP) is 3.70. The minimum absolute atomic E-state index is 0.491. The lowest BCUT2D eigenvalue weighted by Gasteiger charge is -2.23. The van der Waals surface area contributed by atoms with E-state index in [2.05, 4.69) is 15.3 Å². The molecule has 0 radical (unpaired) electrons. The van der Waals surface area contributed by atoms with E-state index >= 15 is 0 Å². The molecule has 5 heteroatoms. The highest BCUT2D eigenvalue weighted by molar-refractivity contribution is 6.23. The Morgan fingerprint density at radius 3 is 2.67 bits per heavy atom. The molecule has 130 valence electrons. The molecule has 3 rings (SSSR count). The van der Waals surface area contributed by atoms with Crippen LogP contribution in [0.3, 0.4) is 0 Å². The van der Waals surface area contributed by atoms with Gasteiger partial charge in [0.25, 0.3) is 0 Å². The monoisotopic (exact) mass is 327 g/mol. The first-order valence-corrected chi connectivity index (χ1v) is 9.19. The van der Waals surface area contributed by atoms with Crippen molar-refractivity contribution in [3.05, 3.63) is 23.7 Å². The third-order valence-corrected chi connectivity index (χ3v) is 5.09. The smallest absolute Gasteiger partial charge is 0.223 e. The van der Waals surface area contributed by atoms with Crippen LogP contribution in [-0.4, -0.2) is 28.8 Å². The lowest BCUT2D eigenvalue weighted by atomic mass is 9.96. The van der Waals surface area contributed by atoms with Crippen LogP contribution in [0, 0.1) is 12.8 Å². The second-order valence-electron chi connectivity index (χ2n) is 7.10. The number of nitrogens with one attached hydrogen (secondary N) is 1. The molecule has 2 saturated carbocycles. The summed E-state index contributed by atoms with van der Waals surface area (Å²) >= 11 is 0. The molecule has 0 unspecified atom stereocenters. The highest BCUT2D eigenvalue weighted by atomic mass is 15.1. The number of hydrogen-bond donors (Lipinski definition) is 2. The number of aryl methyl sites for hydroxylation is 1. The van der Waals surface area contributed by atoms with Crippen molar-refractivity contribution in [3.63, 3.8) is 0 Å². The third kappa shape index (κ3) is 4.13. The van der Waals surface area contributed by atoms with Crippen LogP contribution in [0.4, 0.5) is 5.95 Å². The standard InChI is InChI=1S/C19H29N5/c1-13-12-22-19(23-15-6-4-3-5-7-15)24-18(13)16(11-20)17(21-2)10-14-8-9-14/h11-12,14-15H,3-10,20H2,1-2H3,(H,22,23,24)/b16-11+,21-17?. The zero-order valence-corrected chi connectivity index (χ0v) is 14.9. The maximum Gasteiger partial charge on any atom is 0.223 e. The first-order chi connectivity index (χ1) is 11.7. The van der Waals surface area contributed by atoms with E-state index in [1.807, 2.05) is 20.2 Å². The predicted molar refractivity (Wildman–Crippen MR) is 100 cm³/mol. The fraction of sp³-hybridized carbons (Fsp3) is 0.632. The number of hydrogen-bond acceptors (Lipinski definition) is 5. The molecule has 1 heterocycles. The summed E-state index contributed by atoms with van der Waals surface area (Å²) in [7, 11) is 1.85. The summed E-state index contributed by atoms with van der Waals surface area (Å²) in [6.45, 7) is 2.04. The second-order valence-corrected chi connectivity index (χ2v) is 7.10. The SMILES string of the molecule is CN=C(CC1CC1)/C(=C\N)c1nc(NC2CCCCC2)ncc1C. The van der Waals surface area contributed by atoms with Gasteiger partial charge >= 0.3 is 0 Å². The average molecular weight is 327 g/mol. The van der Waals surface area contributed by atoms with Crippen LogP contribution in [0.15, 0.2) is 17.4 Å². The summed E-state index contributed by atoms with van der Waals surface area (Å²) in [5, 5.41) is 3.51. The van der Waals surface area contributed by atoms with Crippen molar-refractivity contribution in [1.29, 1.82) is 0 Å². The topological polar surface area (TPSA) is 76.2 Å². The number of aliphatic imine (C=N–C) groups is 1. The van der Waals surface area contributed by atoms with Crippen molar-refractivity contribution in [2.75, 3.05) is 12.4 Å². The van der Waals surface area contributed by atoms with E-state index in [9.17, 15) is 0 Å². The van der Waals surface area contributed by atoms with Gasteiger partial charge < -0.3 is 11.1 Å². The fourth-order valence-corrected chi connectivity index (χ4v) is 3.44. The Morgan fingerprint density at radius 2 is 2.04 bits per heavy atom. The van der Waals surface area contributed by atoms with Crippen LogP contribution in [0.2, 0.25) is 0 Å². The van der Waals surface area contributed by atoms with Gasteiger partial charge in [-0.3, -0.25) is 4.99 Å². The number of anilines is 1. The van der Waals surface area contributed by atoms with Crippen molar-refractivity contribution in [2.24, 2.45) is 16.6 Å². The number of rotatable bonds is 6. The van der Waals surface area contributed by atoms with Crippen LogP contribution in [0.5, 0.6) is 0 Å². The van der Waals surface area contributed by atoms with Crippen LogP contribution >= 0.6 is 0 Å². The Bertz CT molecular complexity index is 625. The minimum Gasteiger partial charge on any atom is -0.404 e. The normalized spacial score (nSPS) is 20.2. The molecule has 3 N–H and O–H groups in total. The number of nitrogens with two attached hydrogens (primary N) is 1. The van der Waals surface area contributed by atoms with Crippen molar-refractivity contribution in [2.45, 2.75) is 64.3 Å². The second kappa shape index (κ2) is 7.77. The van der Waals surface area contributed by atoms with E-state index in [-0.39, 0.29) is 0 Å². The molecule has 0 saturated heterocycles. The highest BCUT2D eigenvalue weighted by Crippen LogP contribution is 2.35. The molecule has 0 aromatic carbocycles. The quantitative estimate of drug-likeness (QED) is 0.781. The molecular formula is C19H29N5. The largest absolute Gasteiger partial charge is 0.404 e. The van der Waals surface area contributed by atoms with Gasteiger partial charge in [-0.05, 0) is 50.5 Å². The maximum atomic E-state index is 5.96. The Hall–Kier alpha value is -1.91. The van der Waals surface area contributed by atoms with Crippen LogP contribution in [-0.2, 0) is 0 Å². The van der Waals surface area contributed by atoms with Gasteiger partial charge in [0.15, 0.2) is 0 Å². The average Bonchev–Trinajstić information content (AvgIpc) is 3.42. The van der Waals surface area contributed by atoms with Crippen LogP contribution < -0.4 is 11.1 Å². The summed E-state index contributed by atoms with van der Waals surface area (Å²) in [5.74, 6) is 1.48. The molecule has 0 aliphatic heterocycles. The van der Waals surface area contributed by atoms with E-state index in [1.54, 1.807) is 6.20 Å². The van der Waals surface area contributed by atoms with Gasteiger partial charge in [0, 0.05) is 36.8 Å². The fourth-order valence-electron chi connectivity index (χ4n) is 3.44. The lowest BCUT2D eigenvalue weighted by molar-refractivity contribution is 0.461. The molecule has 24 heavy (non-hydrogen) atoms. The summed E-state index contributed by atoms with van der Waals surface area (Å²) < 4.78 is 0. The Kier molecular flexibility index (Phi) is 5.48. The molecule has 5 nitrogen and oxygen atoms in total. The Morgan fingerprint density at radius 1 is 1.29 bits per heavy atom. The van der Waals surface area contributed by atoms with Gasteiger partial charge in [-0.15, -0.1) is 0 Å². The molecular weight excluding hydrogens is 298 g/mol. The molecule has 0 bridgehead atoms. The van der Waals surface area contributed by atoms with Crippen LogP contribution in [0.1, 0.15) is 62.6 Å². The summed E-state index contributed by atoms with van der Waals surface area (Å²) in [4.78, 5) is 13.8. The van der Waals surface area contributed by atoms with E-state index in [0.29, 0.717) is 12.0 Å². The first kappa shape index (κ1) is 16.9. The number of allylic oxidation sites excluding steroid dienone is 1. The van der Waals surface area contributed by atoms with Gasteiger partial charge in [0.2, 0.25) is 5.95 Å². The highest BCUT2D eigenvalue weighted by Gasteiger charge is 2.26. The van der Waals surface area contributed by atoms with E-state index in [0.717, 1.165) is 34.9 Å². The number of aromatic nitrogens is 2. The molecule has 2 fully saturated rings. The van der Waals surface area contributed by atoms with Crippen molar-refractivity contribution < 1.29 is 0 Å². The van der Waals surface area contributed by atoms with Gasteiger partial charge in [-0.25, -0.2) is 9.97 Å². The number of nitrogens with zero attached hydrogens (tertiary/aromatic N) is 3. The summed E-state index contributed by atoms with van der Waals surface area (Å²) in [6.07, 6.45) is 13.5. The van der Waals surface area contributed by atoms with Crippen LogP contribution in [0.25, 0.3) is 5.57 Å².